The number of rotatable bonds is 3. The van der Waals surface area contributed by atoms with E-state index in [2.05, 4.69) is 22.6 Å². The third-order valence-corrected chi connectivity index (χ3v) is 1.73. The van der Waals surface area contributed by atoms with Gasteiger partial charge in [-0.1, -0.05) is 0 Å². The molecule has 66 valence electrons. The van der Waals surface area contributed by atoms with Crippen molar-refractivity contribution >= 4 is 18.6 Å². The van der Waals surface area contributed by atoms with Crippen LogP contribution in [0.4, 0.5) is 0 Å². The SMILES string of the molecule is NC(S)(Cc1cnc[nH]1)C(=O)O. The fourth-order valence-electron chi connectivity index (χ4n) is 0.747. The molecule has 12 heavy (non-hydrogen) atoms. The standard InChI is InChI=1S/C6H9N3O2S/c7-6(12,5(10)11)1-4-2-8-3-9-4/h2-3,12H,1,7H2,(H,8,9)(H,10,11). The van der Waals surface area contributed by atoms with Gasteiger partial charge in [-0.2, -0.15) is 0 Å². The highest BCUT2D eigenvalue weighted by atomic mass is 32.1. The van der Waals surface area contributed by atoms with Crippen molar-refractivity contribution in [3.05, 3.63) is 18.2 Å². The number of carboxylic acid groups (broad SMARTS) is 1. The molecular formula is C6H9N3O2S. The quantitative estimate of drug-likeness (QED) is 0.383. The molecule has 1 atom stereocenters. The van der Waals surface area contributed by atoms with Gasteiger partial charge in [-0.05, 0) is 0 Å². The number of hydrogen-bond acceptors (Lipinski definition) is 4. The molecule has 6 heteroatoms. The number of nitrogens with two attached hydrogens (primary N) is 1. The lowest BCUT2D eigenvalue weighted by Crippen LogP contribution is -2.44. The number of nitrogens with zero attached hydrogens (tertiary/aromatic N) is 1. The zero-order chi connectivity index (χ0) is 9.19. The number of imidazole rings is 1. The summed E-state index contributed by atoms with van der Waals surface area (Å²) in [5, 5.41) is 8.60. The van der Waals surface area contributed by atoms with Crippen LogP contribution in [-0.4, -0.2) is 25.9 Å². The van der Waals surface area contributed by atoms with Crippen LogP contribution in [0.1, 0.15) is 5.69 Å². The molecule has 1 unspecified atom stereocenters. The van der Waals surface area contributed by atoms with Crippen LogP contribution in [0.2, 0.25) is 0 Å². The van der Waals surface area contributed by atoms with Gasteiger partial charge in [0.05, 0.1) is 6.33 Å². The molecule has 1 heterocycles. The Morgan fingerprint density at radius 1 is 1.92 bits per heavy atom. The molecule has 1 aromatic heterocycles. The lowest BCUT2D eigenvalue weighted by Gasteiger charge is -2.16. The molecule has 0 amide bonds. The second-order valence-corrected chi connectivity index (χ2v) is 3.28. The molecule has 0 spiro atoms. The number of carbonyl (C=O) groups is 1. The molecule has 0 radical (unpaired) electrons. The van der Waals surface area contributed by atoms with Gasteiger partial charge in [0.15, 0.2) is 4.87 Å². The number of aromatic nitrogens is 2. The molecule has 0 aliphatic carbocycles. The van der Waals surface area contributed by atoms with Crippen LogP contribution in [0.3, 0.4) is 0 Å². The minimum atomic E-state index is -1.54. The van der Waals surface area contributed by atoms with Gasteiger partial charge >= 0.3 is 5.97 Å². The first-order valence-corrected chi connectivity index (χ1v) is 3.69. The Morgan fingerprint density at radius 2 is 2.58 bits per heavy atom. The van der Waals surface area contributed by atoms with Gasteiger partial charge in [0.25, 0.3) is 0 Å². The number of H-pyrrole nitrogens is 1. The molecule has 5 nitrogen and oxygen atoms in total. The van der Waals surface area contributed by atoms with E-state index < -0.39 is 10.8 Å². The third-order valence-electron chi connectivity index (χ3n) is 1.39. The lowest BCUT2D eigenvalue weighted by molar-refractivity contribution is -0.139. The van der Waals surface area contributed by atoms with Crippen molar-refractivity contribution in [2.24, 2.45) is 5.73 Å². The maximum atomic E-state index is 10.5. The van der Waals surface area contributed by atoms with Crippen molar-refractivity contribution in [1.82, 2.24) is 9.97 Å². The Labute approximate surface area is 74.4 Å². The zero-order valence-corrected chi connectivity index (χ0v) is 7.08. The van der Waals surface area contributed by atoms with Gasteiger partial charge in [-0.3, -0.25) is 0 Å². The number of aliphatic carboxylic acids is 1. The van der Waals surface area contributed by atoms with Crippen LogP contribution in [-0.2, 0) is 11.2 Å². The van der Waals surface area contributed by atoms with Crippen LogP contribution >= 0.6 is 12.6 Å². The Hall–Kier alpha value is -1.01. The zero-order valence-electron chi connectivity index (χ0n) is 6.19. The van der Waals surface area contributed by atoms with E-state index in [1.807, 2.05) is 0 Å². The average Bonchev–Trinajstić information content (AvgIpc) is 2.38. The van der Waals surface area contributed by atoms with Crippen molar-refractivity contribution in [1.29, 1.82) is 0 Å². The van der Waals surface area contributed by atoms with E-state index in [-0.39, 0.29) is 6.42 Å². The first-order chi connectivity index (χ1) is 5.52. The lowest BCUT2D eigenvalue weighted by atomic mass is 10.2. The molecule has 0 bridgehead atoms. The molecule has 0 aromatic carbocycles. The van der Waals surface area contributed by atoms with E-state index in [1.54, 1.807) is 0 Å². The highest BCUT2D eigenvalue weighted by Crippen LogP contribution is 2.12. The van der Waals surface area contributed by atoms with E-state index in [0.29, 0.717) is 5.69 Å². The predicted molar refractivity (Wildman–Crippen MR) is 45.8 cm³/mol. The summed E-state index contributed by atoms with van der Waals surface area (Å²) in [7, 11) is 0. The predicted octanol–water partition coefficient (Wildman–Crippen LogP) is -0.378. The number of thiol groups is 1. The fourth-order valence-corrected chi connectivity index (χ4v) is 0.918. The fraction of sp³-hybridized carbons (Fsp3) is 0.333. The van der Waals surface area contributed by atoms with E-state index in [4.69, 9.17) is 10.8 Å². The number of hydrogen-bond donors (Lipinski definition) is 4. The molecule has 0 fully saturated rings. The molecule has 0 aliphatic rings. The monoisotopic (exact) mass is 187 g/mol. The summed E-state index contributed by atoms with van der Waals surface area (Å²) in [6.07, 6.45) is 3.09. The second kappa shape index (κ2) is 3.16. The number of nitrogens with one attached hydrogen (secondary N) is 1. The summed E-state index contributed by atoms with van der Waals surface area (Å²) < 4.78 is 0. The summed E-state index contributed by atoms with van der Waals surface area (Å²) in [6, 6.07) is 0. The maximum Gasteiger partial charge on any atom is 0.334 e. The van der Waals surface area contributed by atoms with E-state index in [1.165, 1.54) is 12.5 Å². The smallest absolute Gasteiger partial charge is 0.334 e. The third kappa shape index (κ3) is 1.99. The highest BCUT2D eigenvalue weighted by molar-refractivity contribution is 7.82. The number of carboxylic acids is 1. The molecule has 4 N–H and O–H groups in total. The Morgan fingerprint density at radius 3 is 3.00 bits per heavy atom. The topological polar surface area (TPSA) is 92.0 Å². The van der Waals surface area contributed by atoms with E-state index >= 15 is 0 Å². The molecule has 0 saturated heterocycles. The summed E-state index contributed by atoms with van der Waals surface area (Å²) in [5.41, 5.74) is 6.02. The number of aromatic amines is 1. The summed E-state index contributed by atoms with van der Waals surface area (Å²) in [6.45, 7) is 0. The highest BCUT2D eigenvalue weighted by Gasteiger charge is 2.29. The first-order valence-electron chi connectivity index (χ1n) is 3.24. The second-order valence-electron chi connectivity index (χ2n) is 2.48. The van der Waals surface area contributed by atoms with Gasteiger partial charge in [-0.15, -0.1) is 12.6 Å². The van der Waals surface area contributed by atoms with Crippen molar-refractivity contribution in [3.8, 4) is 0 Å². The molecule has 0 aliphatic heterocycles. The average molecular weight is 187 g/mol. The minimum Gasteiger partial charge on any atom is -0.479 e. The van der Waals surface area contributed by atoms with Crippen molar-refractivity contribution in [2.75, 3.05) is 0 Å². The van der Waals surface area contributed by atoms with Gasteiger partial charge in [-0.25, -0.2) is 9.78 Å². The summed E-state index contributed by atoms with van der Waals surface area (Å²) in [4.78, 5) is 15.4. The van der Waals surface area contributed by atoms with Gasteiger partial charge in [0, 0.05) is 18.3 Å². The first kappa shape index (κ1) is 9.08. The van der Waals surface area contributed by atoms with Crippen LogP contribution in [0.5, 0.6) is 0 Å². The van der Waals surface area contributed by atoms with Gasteiger partial charge in [0.2, 0.25) is 0 Å². The summed E-state index contributed by atoms with van der Waals surface area (Å²) >= 11 is 3.80. The molecular weight excluding hydrogens is 178 g/mol. The summed E-state index contributed by atoms with van der Waals surface area (Å²) in [5.74, 6) is -1.15. The van der Waals surface area contributed by atoms with Crippen LogP contribution < -0.4 is 5.73 Å². The van der Waals surface area contributed by atoms with E-state index in [0.717, 1.165) is 0 Å². The maximum absolute atomic E-state index is 10.5. The largest absolute Gasteiger partial charge is 0.479 e. The Bertz CT molecular complexity index is 270. The molecule has 1 rings (SSSR count). The Balaban J connectivity index is 2.69. The van der Waals surface area contributed by atoms with Crippen LogP contribution in [0, 0.1) is 0 Å². The van der Waals surface area contributed by atoms with Gasteiger partial charge in [0.1, 0.15) is 0 Å². The Kier molecular flexibility index (Phi) is 2.39. The molecule has 1 aromatic rings. The van der Waals surface area contributed by atoms with E-state index in [9.17, 15) is 4.79 Å². The van der Waals surface area contributed by atoms with Crippen LogP contribution in [0.25, 0.3) is 0 Å². The molecule has 0 saturated carbocycles. The van der Waals surface area contributed by atoms with Crippen molar-refractivity contribution in [2.45, 2.75) is 11.3 Å². The minimum absolute atomic E-state index is 0.117. The van der Waals surface area contributed by atoms with Gasteiger partial charge < -0.3 is 15.8 Å². The van der Waals surface area contributed by atoms with Crippen LogP contribution in [0.15, 0.2) is 12.5 Å². The van der Waals surface area contributed by atoms with Crippen molar-refractivity contribution in [3.63, 3.8) is 0 Å². The normalized spacial score (nSPS) is 15.5. The van der Waals surface area contributed by atoms with Crippen molar-refractivity contribution < 1.29 is 9.90 Å².